The first kappa shape index (κ1) is 49.0. The molecule has 0 aliphatic carbocycles. The monoisotopic (exact) mass is 740 g/mol. The van der Waals surface area contributed by atoms with Crippen molar-refractivity contribution < 1.29 is 37.6 Å². The van der Waals surface area contributed by atoms with Crippen LogP contribution in [0, 0.1) is 0 Å². The van der Waals surface area contributed by atoms with E-state index in [4.69, 9.17) is 18.5 Å². The molecule has 0 aliphatic rings. The van der Waals surface area contributed by atoms with Gasteiger partial charge in [-0.05, 0) is 91.1 Å². The van der Waals surface area contributed by atoms with Gasteiger partial charge in [0.05, 0.1) is 13.2 Å². The van der Waals surface area contributed by atoms with Gasteiger partial charge in [0.25, 0.3) is 0 Å². The first-order chi connectivity index (χ1) is 24.7. The summed E-state index contributed by atoms with van der Waals surface area (Å²) in [6.45, 7) is 4.20. The molecule has 0 fully saturated rings. The summed E-state index contributed by atoms with van der Waals surface area (Å²) in [6, 6.07) is 0. The maximum Gasteiger partial charge on any atom is 0.472 e. The molecule has 0 aromatic carbocycles. The highest BCUT2D eigenvalue weighted by molar-refractivity contribution is 7.47. The number of phosphoric ester groups is 1. The van der Waals surface area contributed by atoms with Gasteiger partial charge in [-0.25, -0.2) is 4.57 Å². The fraction of sp³-hybridized carbons (Fsp3) is 0.756. The topological polar surface area (TPSA) is 112 Å². The number of carbonyl (C=O) groups is 2. The van der Waals surface area contributed by atoms with Gasteiger partial charge in [0.15, 0.2) is 6.10 Å². The number of ether oxygens (including phenoxy) is 2. The number of hydrogen-bond donors (Lipinski definition) is 1. The second-order valence-corrected chi connectivity index (χ2v) is 14.9. The van der Waals surface area contributed by atoms with Gasteiger partial charge in [-0.2, -0.15) is 0 Å². The highest BCUT2D eigenvalue weighted by atomic mass is 31.2. The molecule has 0 aromatic heterocycles. The molecule has 0 amide bonds. The van der Waals surface area contributed by atoms with Crippen LogP contribution in [-0.2, 0) is 32.7 Å². The Morgan fingerprint density at radius 3 is 1.67 bits per heavy atom. The largest absolute Gasteiger partial charge is 0.472 e. The zero-order valence-corrected chi connectivity index (χ0v) is 33.7. The van der Waals surface area contributed by atoms with Crippen LogP contribution in [0.1, 0.15) is 155 Å². The predicted molar refractivity (Wildman–Crippen MR) is 211 cm³/mol. The number of rotatable bonds is 36. The summed E-state index contributed by atoms with van der Waals surface area (Å²) in [6.07, 6.45) is 38.7. The summed E-state index contributed by atoms with van der Waals surface area (Å²) in [5.41, 5.74) is 0. The molecule has 0 saturated carbocycles. The lowest BCUT2D eigenvalue weighted by Crippen LogP contribution is -2.29. The van der Waals surface area contributed by atoms with Crippen molar-refractivity contribution in [3.8, 4) is 0 Å². The van der Waals surface area contributed by atoms with Crippen LogP contribution in [0.3, 0.4) is 0 Å². The summed E-state index contributed by atoms with van der Waals surface area (Å²) in [5.74, 6) is -0.862. The van der Waals surface area contributed by atoms with Gasteiger partial charge in [-0.15, -0.1) is 0 Å². The van der Waals surface area contributed by atoms with E-state index in [9.17, 15) is 19.0 Å². The van der Waals surface area contributed by atoms with E-state index in [1.54, 1.807) is 4.90 Å². The first-order valence-corrected chi connectivity index (χ1v) is 21.4. The Balaban J connectivity index is 4.44. The predicted octanol–water partition coefficient (Wildman–Crippen LogP) is 11.0. The van der Waals surface area contributed by atoms with Gasteiger partial charge < -0.3 is 19.3 Å². The molecular weight excluding hydrogens is 665 g/mol. The first-order valence-electron chi connectivity index (χ1n) is 19.9. The summed E-state index contributed by atoms with van der Waals surface area (Å²) < 4.78 is 33.3. The molecule has 0 saturated heterocycles. The SMILES string of the molecule is CCCCC/C=C\C/C=C\C/C=C\CCCCC(=O)OC(COC(=O)CCCCCCC/C=C\CCCCCC)COP(=O)(O)OCCN(C)C. The Morgan fingerprint density at radius 1 is 0.608 bits per heavy atom. The van der Waals surface area contributed by atoms with Gasteiger partial charge in [0, 0.05) is 19.4 Å². The Labute approximate surface area is 311 Å². The molecule has 0 aliphatic heterocycles. The molecule has 0 aromatic rings. The lowest BCUT2D eigenvalue weighted by Gasteiger charge is -2.20. The Morgan fingerprint density at radius 2 is 1.06 bits per heavy atom. The van der Waals surface area contributed by atoms with E-state index in [-0.39, 0.29) is 26.1 Å². The van der Waals surface area contributed by atoms with E-state index in [1.807, 2.05) is 14.1 Å². The fourth-order valence-electron chi connectivity index (χ4n) is 4.98. The average molecular weight is 740 g/mol. The molecule has 1 N–H and O–H groups in total. The van der Waals surface area contributed by atoms with Crippen molar-refractivity contribution in [1.29, 1.82) is 0 Å². The molecular formula is C41H74NO8P. The van der Waals surface area contributed by atoms with Crippen molar-refractivity contribution in [3.05, 3.63) is 48.6 Å². The third-order valence-corrected chi connectivity index (χ3v) is 9.09. The second kappa shape index (κ2) is 36.3. The van der Waals surface area contributed by atoms with Crippen LogP contribution < -0.4 is 0 Å². The number of allylic oxidation sites excluding steroid dienone is 8. The normalized spacial score (nSPS) is 14.0. The molecule has 296 valence electrons. The van der Waals surface area contributed by atoms with Crippen LogP contribution in [0.15, 0.2) is 48.6 Å². The molecule has 0 spiro atoms. The number of likely N-dealkylation sites (N-methyl/N-ethyl adjacent to an activating group) is 1. The summed E-state index contributed by atoms with van der Waals surface area (Å²) in [5, 5.41) is 0. The Bertz CT molecular complexity index is 994. The van der Waals surface area contributed by atoms with Crippen molar-refractivity contribution in [1.82, 2.24) is 4.90 Å². The number of carbonyl (C=O) groups excluding carboxylic acids is 2. The highest BCUT2D eigenvalue weighted by Gasteiger charge is 2.26. The second-order valence-electron chi connectivity index (χ2n) is 13.5. The number of hydrogen-bond acceptors (Lipinski definition) is 8. The van der Waals surface area contributed by atoms with E-state index in [0.717, 1.165) is 70.6 Å². The standard InChI is InChI=1S/C41H74NO8P/c1-5-7-9-11-13-15-17-19-20-22-24-26-28-30-32-34-41(44)50-39(38-49-51(45,46)48-36-35-42(3)4)37-47-40(43)33-31-29-27-25-23-21-18-16-14-12-10-8-6-2/h13,15-16,18-20,24,26,39H,5-12,14,17,21-23,25,27-38H2,1-4H3,(H,45,46)/b15-13-,18-16-,20-19-,26-24-. The third-order valence-electron chi connectivity index (χ3n) is 8.11. The third kappa shape index (κ3) is 37.5. The molecule has 0 heterocycles. The summed E-state index contributed by atoms with van der Waals surface area (Å²) in [4.78, 5) is 36.9. The quantitative estimate of drug-likeness (QED) is 0.0290. The zero-order valence-electron chi connectivity index (χ0n) is 32.8. The average Bonchev–Trinajstić information content (AvgIpc) is 3.09. The number of phosphoric acid groups is 1. The molecule has 0 radical (unpaired) electrons. The molecule has 2 atom stereocenters. The number of nitrogens with zero attached hydrogens (tertiary/aromatic N) is 1. The molecule has 9 nitrogen and oxygen atoms in total. The lowest BCUT2D eigenvalue weighted by atomic mass is 10.1. The maximum absolute atomic E-state index is 12.6. The van der Waals surface area contributed by atoms with Gasteiger partial charge in [-0.3, -0.25) is 18.6 Å². The van der Waals surface area contributed by atoms with E-state index in [2.05, 4.69) is 62.5 Å². The summed E-state index contributed by atoms with van der Waals surface area (Å²) >= 11 is 0. The molecule has 0 rings (SSSR count). The Hall–Kier alpha value is -2.03. The van der Waals surface area contributed by atoms with Crippen molar-refractivity contribution in [2.75, 3.05) is 40.5 Å². The van der Waals surface area contributed by atoms with Crippen molar-refractivity contribution >= 4 is 19.8 Å². The van der Waals surface area contributed by atoms with E-state index >= 15 is 0 Å². The van der Waals surface area contributed by atoms with Crippen LogP contribution in [0.5, 0.6) is 0 Å². The molecule has 2 unspecified atom stereocenters. The minimum atomic E-state index is -4.37. The van der Waals surface area contributed by atoms with Crippen LogP contribution in [0.25, 0.3) is 0 Å². The highest BCUT2D eigenvalue weighted by Crippen LogP contribution is 2.43. The van der Waals surface area contributed by atoms with Crippen molar-refractivity contribution in [3.63, 3.8) is 0 Å². The lowest BCUT2D eigenvalue weighted by molar-refractivity contribution is -0.161. The van der Waals surface area contributed by atoms with Crippen LogP contribution in [0.2, 0.25) is 0 Å². The van der Waals surface area contributed by atoms with Crippen LogP contribution in [0.4, 0.5) is 0 Å². The number of unbranched alkanes of at least 4 members (excludes halogenated alkanes) is 14. The molecule has 51 heavy (non-hydrogen) atoms. The minimum Gasteiger partial charge on any atom is -0.462 e. The molecule has 0 bridgehead atoms. The number of esters is 2. The van der Waals surface area contributed by atoms with Gasteiger partial charge in [0.1, 0.15) is 6.61 Å². The van der Waals surface area contributed by atoms with Crippen molar-refractivity contribution in [2.24, 2.45) is 0 Å². The Kier molecular flexibility index (Phi) is 34.9. The van der Waals surface area contributed by atoms with E-state index < -0.39 is 32.5 Å². The van der Waals surface area contributed by atoms with Crippen molar-refractivity contribution in [2.45, 2.75) is 161 Å². The van der Waals surface area contributed by atoms with E-state index in [1.165, 1.54) is 51.4 Å². The van der Waals surface area contributed by atoms with Gasteiger partial charge in [-0.1, -0.05) is 114 Å². The summed E-state index contributed by atoms with van der Waals surface area (Å²) in [7, 11) is -0.738. The van der Waals surface area contributed by atoms with Gasteiger partial charge in [0.2, 0.25) is 0 Å². The van der Waals surface area contributed by atoms with Crippen LogP contribution >= 0.6 is 7.82 Å². The fourth-order valence-corrected chi connectivity index (χ4v) is 5.72. The smallest absolute Gasteiger partial charge is 0.462 e. The minimum absolute atomic E-state index is 0.00266. The molecule has 10 heteroatoms. The zero-order chi connectivity index (χ0) is 37.7. The van der Waals surface area contributed by atoms with Gasteiger partial charge >= 0.3 is 19.8 Å². The van der Waals surface area contributed by atoms with Crippen LogP contribution in [-0.4, -0.2) is 68.3 Å². The maximum atomic E-state index is 12.6. The van der Waals surface area contributed by atoms with E-state index in [0.29, 0.717) is 13.0 Å².